The van der Waals surface area contributed by atoms with Gasteiger partial charge in [-0.15, -0.1) is 0 Å². The van der Waals surface area contributed by atoms with E-state index in [0.29, 0.717) is 17.9 Å². The lowest BCUT2D eigenvalue weighted by Gasteiger charge is -2.32. The minimum absolute atomic E-state index is 0.0793. The van der Waals surface area contributed by atoms with Crippen LogP contribution in [0.3, 0.4) is 0 Å². The van der Waals surface area contributed by atoms with Gasteiger partial charge >= 0.3 is 0 Å². The fourth-order valence-electron chi connectivity index (χ4n) is 4.39. The summed E-state index contributed by atoms with van der Waals surface area (Å²) in [7, 11) is 2.75. The molecule has 0 spiro atoms. The summed E-state index contributed by atoms with van der Waals surface area (Å²) in [5.74, 6) is 0.110. The van der Waals surface area contributed by atoms with Gasteiger partial charge in [-0.25, -0.2) is 8.42 Å². The molecule has 1 atom stereocenters. The normalized spacial score (nSPS) is 11.7. The quantitative estimate of drug-likeness (QED) is 0.300. The Balaban J connectivity index is 2.12. The molecular formula is C30H37N3O8S. The molecule has 0 bridgehead atoms. The molecule has 0 saturated carbocycles. The number of ether oxygens (including phenoxy) is 4. The van der Waals surface area contributed by atoms with Crippen LogP contribution in [0.25, 0.3) is 0 Å². The number of hydrogen-bond donors (Lipinski definition) is 1. The zero-order valence-corrected chi connectivity index (χ0v) is 25.4. The van der Waals surface area contributed by atoms with E-state index in [9.17, 15) is 18.0 Å². The number of amides is 2. The largest absolute Gasteiger partial charge is 0.497 e. The number of benzene rings is 3. The molecule has 3 aromatic carbocycles. The third-order valence-electron chi connectivity index (χ3n) is 6.77. The van der Waals surface area contributed by atoms with E-state index in [4.69, 9.17) is 18.9 Å². The highest BCUT2D eigenvalue weighted by atomic mass is 32.2. The lowest BCUT2D eigenvalue weighted by atomic mass is 10.1. The number of carbonyl (C=O) groups excluding carboxylic acids is 2. The Morgan fingerprint density at radius 1 is 0.833 bits per heavy atom. The monoisotopic (exact) mass is 599 g/mol. The van der Waals surface area contributed by atoms with Crippen LogP contribution in [-0.2, 0) is 26.0 Å². The Morgan fingerprint density at radius 2 is 1.48 bits per heavy atom. The zero-order valence-electron chi connectivity index (χ0n) is 24.6. The average molecular weight is 600 g/mol. The summed E-state index contributed by atoms with van der Waals surface area (Å²) < 4.78 is 50.9. The maximum Gasteiger partial charge on any atom is 0.265 e. The van der Waals surface area contributed by atoms with Crippen molar-refractivity contribution >= 4 is 27.5 Å². The molecule has 0 saturated heterocycles. The molecule has 3 aromatic rings. The van der Waals surface area contributed by atoms with Gasteiger partial charge in [-0.3, -0.25) is 13.9 Å². The van der Waals surface area contributed by atoms with E-state index in [2.05, 4.69) is 5.32 Å². The molecule has 12 heteroatoms. The first-order chi connectivity index (χ1) is 20.1. The number of rotatable bonds is 14. The average Bonchev–Trinajstić information content (AvgIpc) is 3.02. The summed E-state index contributed by atoms with van der Waals surface area (Å²) in [6.45, 7) is 1.15. The smallest absolute Gasteiger partial charge is 0.265 e. The van der Waals surface area contributed by atoms with Crippen LogP contribution >= 0.6 is 0 Å². The van der Waals surface area contributed by atoms with E-state index in [1.807, 2.05) is 30.3 Å². The molecule has 0 aliphatic rings. The van der Waals surface area contributed by atoms with Crippen molar-refractivity contribution in [2.45, 2.75) is 24.3 Å². The van der Waals surface area contributed by atoms with Crippen LogP contribution in [0.2, 0.25) is 0 Å². The first kappa shape index (κ1) is 32.1. The minimum atomic E-state index is -4.40. The van der Waals surface area contributed by atoms with Crippen molar-refractivity contribution in [1.29, 1.82) is 0 Å². The SMILES string of the molecule is CNC(=O)C(C)N(CCc1ccccc1)C(=O)CN(c1cc(OC)ccc1OC)S(=O)(=O)c1ccc(OC)c(OC)c1. The van der Waals surface area contributed by atoms with E-state index < -0.39 is 28.5 Å². The second kappa shape index (κ2) is 14.4. The summed E-state index contributed by atoms with van der Waals surface area (Å²) in [5.41, 5.74) is 1.04. The number of nitrogens with zero attached hydrogens (tertiary/aromatic N) is 2. The van der Waals surface area contributed by atoms with Gasteiger partial charge in [-0.05, 0) is 43.2 Å². The first-order valence-corrected chi connectivity index (χ1v) is 14.6. The van der Waals surface area contributed by atoms with Crippen LogP contribution in [0.1, 0.15) is 12.5 Å². The van der Waals surface area contributed by atoms with Gasteiger partial charge in [0.25, 0.3) is 10.0 Å². The van der Waals surface area contributed by atoms with Crippen LogP contribution in [0.15, 0.2) is 71.6 Å². The van der Waals surface area contributed by atoms with Crippen LogP contribution in [0.4, 0.5) is 5.69 Å². The van der Waals surface area contributed by atoms with E-state index in [-0.39, 0.29) is 34.5 Å². The van der Waals surface area contributed by atoms with Gasteiger partial charge in [0.2, 0.25) is 11.8 Å². The molecular weight excluding hydrogens is 562 g/mol. The zero-order chi connectivity index (χ0) is 30.9. The molecule has 0 aliphatic carbocycles. The Bertz CT molecular complexity index is 1480. The van der Waals surface area contributed by atoms with Gasteiger partial charge in [0.05, 0.1) is 39.0 Å². The van der Waals surface area contributed by atoms with Crippen molar-refractivity contribution in [2.75, 3.05) is 52.9 Å². The Kier molecular flexibility index (Phi) is 11.0. The number of nitrogens with one attached hydrogen (secondary N) is 1. The summed E-state index contributed by atoms with van der Waals surface area (Å²) >= 11 is 0. The lowest BCUT2D eigenvalue weighted by Crippen LogP contribution is -2.51. The fraction of sp³-hybridized carbons (Fsp3) is 0.333. The highest BCUT2D eigenvalue weighted by Crippen LogP contribution is 2.37. The molecule has 11 nitrogen and oxygen atoms in total. The number of sulfonamides is 1. The second-order valence-corrected chi connectivity index (χ2v) is 11.0. The molecule has 1 N–H and O–H groups in total. The molecule has 0 aromatic heterocycles. The number of methoxy groups -OCH3 is 4. The summed E-state index contributed by atoms with van der Waals surface area (Å²) in [4.78, 5) is 27.9. The predicted molar refractivity (Wildman–Crippen MR) is 159 cm³/mol. The molecule has 3 rings (SSSR count). The highest BCUT2D eigenvalue weighted by molar-refractivity contribution is 7.92. The van der Waals surface area contributed by atoms with Crippen LogP contribution < -0.4 is 28.6 Å². The van der Waals surface area contributed by atoms with Gasteiger partial charge in [-0.1, -0.05) is 30.3 Å². The van der Waals surface area contributed by atoms with E-state index in [1.165, 1.54) is 64.7 Å². The van der Waals surface area contributed by atoms with Crippen LogP contribution in [0, 0.1) is 0 Å². The van der Waals surface area contributed by atoms with Crippen LogP contribution in [-0.4, -0.2) is 79.8 Å². The van der Waals surface area contributed by atoms with E-state index >= 15 is 0 Å². The van der Waals surface area contributed by atoms with Crippen LogP contribution in [0.5, 0.6) is 23.0 Å². The predicted octanol–water partition coefficient (Wildman–Crippen LogP) is 3.12. The maximum atomic E-state index is 14.2. The Morgan fingerprint density at radius 3 is 2.07 bits per heavy atom. The number of anilines is 1. The maximum absolute atomic E-state index is 14.2. The van der Waals surface area contributed by atoms with Gasteiger partial charge in [0, 0.05) is 25.7 Å². The van der Waals surface area contributed by atoms with Gasteiger partial charge < -0.3 is 29.2 Å². The highest BCUT2D eigenvalue weighted by Gasteiger charge is 2.34. The molecule has 0 fully saturated rings. The fourth-order valence-corrected chi connectivity index (χ4v) is 5.82. The third-order valence-corrected chi connectivity index (χ3v) is 8.53. The Hall–Kier alpha value is -4.45. The molecule has 226 valence electrons. The van der Waals surface area contributed by atoms with Crippen molar-refractivity contribution in [3.05, 3.63) is 72.3 Å². The third kappa shape index (κ3) is 7.24. The van der Waals surface area contributed by atoms with Crippen molar-refractivity contribution < 1.29 is 37.0 Å². The number of hydrogen-bond acceptors (Lipinski definition) is 8. The summed E-state index contributed by atoms with van der Waals surface area (Å²) in [5, 5.41) is 2.57. The van der Waals surface area contributed by atoms with Crippen molar-refractivity contribution in [2.24, 2.45) is 0 Å². The molecule has 0 aliphatic heterocycles. The standard InChI is InChI=1S/C30H37N3O8S/c1-21(30(35)31-2)32(17-16-22-10-8-7-9-11-22)29(34)20-33(25-18-23(38-3)12-14-26(25)39-4)42(36,37)24-13-15-27(40-5)28(19-24)41-6/h7-15,18-19,21H,16-17,20H2,1-6H3,(H,31,35). The molecule has 1 unspecified atom stereocenters. The number of carbonyl (C=O) groups is 2. The summed E-state index contributed by atoms with van der Waals surface area (Å²) in [6, 6.07) is 17.4. The molecule has 2 amide bonds. The van der Waals surface area contributed by atoms with Crippen molar-refractivity contribution in [3.8, 4) is 23.0 Å². The second-order valence-electron chi connectivity index (χ2n) is 9.18. The number of likely N-dealkylation sites (N-methyl/N-ethyl adjacent to an activating group) is 1. The van der Waals surface area contributed by atoms with Gasteiger partial charge in [0.1, 0.15) is 24.1 Å². The first-order valence-electron chi connectivity index (χ1n) is 13.1. The van der Waals surface area contributed by atoms with E-state index in [1.54, 1.807) is 19.1 Å². The molecule has 0 heterocycles. The Labute approximate surface area is 247 Å². The van der Waals surface area contributed by atoms with Crippen molar-refractivity contribution in [1.82, 2.24) is 10.2 Å². The molecule has 0 radical (unpaired) electrons. The van der Waals surface area contributed by atoms with Crippen molar-refractivity contribution in [3.63, 3.8) is 0 Å². The topological polar surface area (TPSA) is 124 Å². The summed E-state index contributed by atoms with van der Waals surface area (Å²) in [6.07, 6.45) is 0.457. The lowest BCUT2D eigenvalue weighted by molar-refractivity contribution is -0.138. The van der Waals surface area contributed by atoms with Gasteiger partial charge in [0.15, 0.2) is 11.5 Å². The minimum Gasteiger partial charge on any atom is -0.497 e. The van der Waals surface area contributed by atoms with Gasteiger partial charge in [-0.2, -0.15) is 0 Å². The molecule has 42 heavy (non-hydrogen) atoms. The van der Waals surface area contributed by atoms with E-state index in [0.717, 1.165) is 9.87 Å².